The summed E-state index contributed by atoms with van der Waals surface area (Å²) in [5.41, 5.74) is 6.64. The summed E-state index contributed by atoms with van der Waals surface area (Å²) >= 11 is 0. The summed E-state index contributed by atoms with van der Waals surface area (Å²) in [4.78, 5) is 0. The van der Waals surface area contributed by atoms with Gasteiger partial charge >= 0.3 is 0 Å². The second kappa shape index (κ2) is 9.79. The lowest BCUT2D eigenvalue weighted by atomic mass is 10.1. The average molecular weight is 371 g/mol. The molecule has 0 fully saturated rings. The summed E-state index contributed by atoms with van der Waals surface area (Å²) in [6.07, 6.45) is 1.76. The Balaban J connectivity index is 1.50. The zero-order valence-corrected chi connectivity index (χ0v) is 15.6. The van der Waals surface area contributed by atoms with Gasteiger partial charge in [0.2, 0.25) is 0 Å². The van der Waals surface area contributed by atoms with Gasteiger partial charge in [-0.25, -0.2) is 0 Å². The molecule has 0 radical (unpaired) electrons. The first kappa shape index (κ1) is 19.0. The average Bonchev–Trinajstić information content (AvgIpc) is 2.76. The molecule has 0 aliphatic heterocycles. The van der Waals surface area contributed by atoms with Gasteiger partial charge in [0.25, 0.3) is 0 Å². The van der Waals surface area contributed by atoms with Crippen LogP contribution in [0.1, 0.15) is 22.3 Å². The van der Waals surface area contributed by atoms with Gasteiger partial charge in [0.05, 0.1) is 31.5 Å². The fourth-order valence-corrected chi connectivity index (χ4v) is 2.65. The van der Waals surface area contributed by atoms with Crippen LogP contribution < -0.4 is 14.9 Å². The first-order valence-electron chi connectivity index (χ1n) is 8.88. The molecule has 28 heavy (non-hydrogen) atoms. The molecule has 0 unspecified atom stereocenters. The molecule has 0 aliphatic rings. The van der Waals surface area contributed by atoms with Crippen molar-refractivity contribution < 1.29 is 9.47 Å². The van der Waals surface area contributed by atoms with Crippen molar-refractivity contribution in [3.8, 4) is 17.6 Å². The molecule has 3 rings (SSSR count). The Morgan fingerprint density at radius 3 is 2.64 bits per heavy atom. The monoisotopic (exact) mass is 371 g/mol. The third kappa shape index (κ3) is 5.36. The molecular formula is C23H21N3O2. The van der Waals surface area contributed by atoms with Crippen molar-refractivity contribution in [2.24, 2.45) is 5.10 Å². The molecule has 0 atom stereocenters. The van der Waals surface area contributed by atoms with Crippen molar-refractivity contribution in [1.82, 2.24) is 5.43 Å². The van der Waals surface area contributed by atoms with Gasteiger partial charge in [-0.1, -0.05) is 30.3 Å². The van der Waals surface area contributed by atoms with Crippen LogP contribution in [0.4, 0.5) is 0 Å². The molecule has 3 aromatic rings. The molecule has 0 bridgehead atoms. The Bertz CT molecular complexity index is 976. The second-order valence-corrected chi connectivity index (χ2v) is 6.07. The van der Waals surface area contributed by atoms with Crippen LogP contribution in [0.25, 0.3) is 0 Å². The maximum atomic E-state index is 8.94. The quantitative estimate of drug-likeness (QED) is 0.474. The fourth-order valence-electron chi connectivity index (χ4n) is 2.65. The molecule has 140 valence electrons. The van der Waals surface area contributed by atoms with E-state index in [0.717, 1.165) is 28.2 Å². The number of nitrogens with zero attached hydrogens (tertiary/aromatic N) is 2. The lowest BCUT2D eigenvalue weighted by Gasteiger charge is -2.07. The Morgan fingerprint density at radius 1 is 1.04 bits per heavy atom. The van der Waals surface area contributed by atoms with Crippen LogP contribution >= 0.6 is 0 Å². The van der Waals surface area contributed by atoms with Crippen molar-refractivity contribution >= 4 is 6.21 Å². The van der Waals surface area contributed by atoms with Crippen molar-refractivity contribution in [2.45, 2.75) is 13.2 Å². The number of hydrazone groups is 1. The van der Waals surface area contributed by atoms with E-state index >= 15 is 0 Å². The van der Waals surface area contributed by atoms with Gasteiger partial charge in [-0.05, 0) is 53.6 Å². The molecule has 0 amide bonds. The van der Waals surface area contributed by atoms with Gasteiger partial charge in [-0.2, -0.15) is 10.4 Å². The van der Waals surface area contributed by atoms with Crippen LogP contribution in [0.3, 0.4) is 0 Å². The Kier molecular flexibility index (Phi) is 6.64. The minimum Gasteiger partial charge on any atom is -0.496 e. The molecule has 5 nitrogen and oxygen atoms in total. The minimum absolute atomic E-state index is 0.420. The molecule has 3 aromatic carbocycles. The fraction of sp³-hybridized carbons (Fsp3) is 0.130. The molecule has 5 heteroatoms. The van der Waals surface area contributed by atoms with E-state index in [1.54, 1.807) is 19.4 Å². The van der Waals surface area contributed by atoms with E-state index in [0.29, 0.717) is 18.7 Å². The largest absolute Gasteiger partial charge is 0.496 e. The topological polar surface area (TPSA) is 66.6 Å². The summed E-state index contributed by atoms with van der Waals surface area (Å²) in [5, 5.41) is 13.2. The molecule has 1 N–H and O–H groups in total. The first-order valence-corrected chi connectivity index (χ1v) is 8.88. The van der Waals surface area contributed by atoms with Crippen molar-refractivity contribution in [3.63, 3.8) is 0 Å². The highest BCUT2D eigenvalue weighted by Gasteiger charge is 2.00. The SMILES string of the molecule is COc1ccccc1CN/N=C/c1ccc(OCc2cccc(C#N)c2)cc1. The maximum absolute atomic E-state index is 8.94. The van der Waals surface area contributed by atoms with Crippen molar-refractivity contribution in [2.75, 3.05) is 7.11 Å². The van der Waals surface area contributed by atoms with Crippen LogP contribution in [0.2, 0.25) is 0 Å². The number of nitriles is 1. The third-order valence-electron chi connectivity index (χ3n) is 4.11. The van der Waals surface area contributed by atoms with Gasteiger partial charge in [-0.15, -0.1) is 0 Å². The summed E-state index contributed by atoms with van der Waals surface area (Å²) < 4.78 is 11.1. The Hall–Kier alpha value is -3.78. The Labute approximate surface area is 164 Å². The van der Waals surface area contributed by atoms with E-state index in [-0.39, 0.29) is 0 Å². The number of para-hydroxylation sites is 1. The number of hydrogen-bond acceptors (Lipinski definition) is 5. The zero-order valence-electron chi connectivity index (χ0n) is 15.6. The second-order valence-electron chi connectivity index (χ2n) is 6.07. The normalized spacial score (nSPS) is 10.4. The number of methoxy groups -OCH3 is 1. The zero-order chi connectivity index (χ0) is 19.6. The number of ether oxygens (including phenoxy) is 2. The van der Waals surface area contributed by atoms with Gasteiger partial charge < -0.3 is 14.9 Å². The van der Waals surface area contributed by atoms with Gasteiger partial charge in [0.1, 0.15) is 18.1 Å². The maximum Gasteiger partial charge on any atom is 0.123 e. The molecular weight excluding hydrogens is 350 g/mol. The van der Waals surface area contributed by atoms with Gasteiger partial charge in [0, 0.05) is 5.56 Å². The molecule has 0 saturated heterocycles. The number of hydrogen-bond donors (Lipinski definition) is 1. The predicted octanol–water partition coefficient (Wildman–Crippen LogP) is 4.27. The van der Waals surface area contributed by atoms with Crippen molar-refractivity contribution in [3.05, 3.63) is 95.1 Å². The number of nitrogens with one attached hydrogen (secondary N) is 1. The third-order valence-corrected chi connectivity index (χ3v) is 4.11. The lowest BCUT2D eigenvalue weighted by Crippen LogP contribution is -2.06. The summed E-state index contributed by atoms with van der Waals surface area (Å²) in [7, 11) is 1.66. The number of rotatable bonds is 8. The van der Waals surface area contributed by atoms with Gasteiger partial charge in [0.15, 0.2) is 0 Å². The van der Waals surface area contributed by atoms with E-state index in [1.807, 2.05) is 66.7 Å². The minimum atomic E-state index is 0.420. The highest BCUT2D eigenvalue weighted by molar-refractivity contribution is 5.79. The Morgan fingerprint density at radius 2 is 1.86 bits per heavy atom. The summed E-state index contributed by atoms with van der Waals surface area (Å²) in [6.45, 7) is 1.01. The van der Waals surface area contributed by atoms with E-state index in [4.69, 9.17) is 14.7 Å². The molecule has 0 heterocycles. The van der Waals surface area contributed by atoms with Crippen LogP contribution in [-0.2, 0) is 13.2 Å². The van der Waals surface area contributed by atoms with Crippen LogP contribution in [0.5, 0.6) is 11.5 Å². The van der Waals surface area contributed by atoms with E-state index in [9.17, 15) is 0 Å². The predicted molar refractivity (Wildman–Crippen MR) is 109 cm³/mol. The highest BCUT2D eigenvalue weighted by Crippen LogP contribution is 2.17. The molecule has 0 aliphatic carbocycles. The van der Waals surface area contributed by atoms with Gasteiger partial charge in [-0.3, -0.25) is 0 Å². The summed E-state index contributed by atoms with van der Waals surface area (Å²) in [6, 6.07) is 25.0. The lowest BCUT2D eigenvalue weighted by molar-refractivity contribution is 0.306. The number of benzene rings is 3. The molecule has 0 spiro atoms. The van der Waals surface area contributed by atoms with E-state index < -0.39 is 0 Å². The summed E-state index contributed by atoms with van der Waals surface area (Å²) in [5.74, 6) is 1.61. The molecule has 0 saturated carbocycles. The van der Waals surface area contributed by atoms with Crippen LogP contribution in [-0.4, -0.2) is 13.3 Å². The van der Waals surface area contributed by atoms with Crippen molar-refractivity contribution in [1.29, 1.82) is 5.26 Å². The van der Waals surface area contributed by atoms with Crippen LogP contribution in [0.15, 0.2) is 77.9 Å². The van der Waals surface area contributed by atoms with E-state index in [2.05, 4.69) is 16.6 Å². The van der Waals surface area contributed by atoms with Crippen LogP contribution in [0, 0.1) is 11.3 Å². The molecule has 0 aromatic heterocycles. The standard InChI is InChI=1S/C23H21N3O2/c1-27-23-8-3-2-7-21(23)16-26-25-15-18-9-11-22(12-10-18)28-17-20-6-4-5-19(13-20)14-24/h2-13,15,26H,16-17H2,1H3/b25-15+. The first-order chi connectivity index (χ1) is 13.8. The smallest absolute Gasteiger partial charge is 0.123 e. The highest BCUT2D eigenvalue weighted by atomic mass is 16.5. The van der Waals surface area contributed by atoms with E-state index in [1.165, 1.54) is 0 Å².